The molecule has 1 atom stereocenters. The Bertz CT molecular complexity index is 657. The molecule has 0 aliphatic heterocycles. The number of nitro groups is 1. The monoisotopic (exact) mass is 294 g/mol. The van der Waals surface area contributed by atoms with Crippen molar-refractivity contribution in [1.82, 2.24) is 10.2 Å². The maximum Gasteiger partial charge on any atom is 0.277 e. The van der Waals surface area contributed by atoms with E-state index < -0.39 is 16.1 Å². The number of thioether (sulfide) groups is 1. The van der Waals surface area contributed by atoms with Gasteiger partial charge in [0, 0.05) is 17.7 Å². The van der Waals surface area contributed by atoms with Crippen LogP contribution in [0.1, 0.15) is 6.92 Å². The van der Waals surface area contributed by atoms with Gasteiger partial charge in [0.1, 0.15) is 0 Å². The molecule has 2 rings (SSSR count). The molecular weight excluding hydrogens is 286 g/mol. The second-order valence-electron chi connectivity index (χ2n) is 3.76. The van der Waals surface area contributed by atoms with E-state index in [1.807, 2.05) is 0 Å². The first-order valence-corrected chi connectivity index (χ1v) is 6.31. The molecule has 0 spiro atoms. The minimum Gasteiger partial charge on any atom is -0.549 e. The molecule has 0 fully saturated rings. The van der Waals surface area contributed by atoms with E-state index >= 15 is 0 Å². The molecule has 2 aromatic rings. The number of hydrogen-bond donors (Lipinski definition) is 0. The number of aliphatic carboxylic acids is 1. The van der Waals surface area contributed by atoms with Gasteiger partial charge < -0.3 is 14.3 Å². The molecule has 0 unspecified atom stereocenters. The zero-order valence-electron chi connectivity index (χ0n) is 10.2. The molecule has 9 heteroatoms. The minimum absolute atomic E-state index is 0.0585. The Morgan fingerprint density at radius 3 is 2.85 bits per heavy atom. The lowest BCUT2D eigenvalue weighted by atomic mass is 10.2. The van der Waals surface area contributed by atoms with E-state index in [1.165, 1.54) is 25.1 Å². The van der Waals surface area contributed by atoms with E-state index in [4.69, 9.17) is 4.42 Å². The predicted molar refractivity (Wildman–Crippen MR) is 66.7 cm³/mol. The van der Waals surface area contributed by atoms with Gasteiger partial charge in [-0.3, -0.25) is 10.1 Å². The van der Waals surface area contributed by atoms with Gasteiger partial charge in [-0.25, -0.2) is 0 Å². The van der Waals surface area contributed by atoms with Crippen molar-refractivity contribution in [2.45, 2.75) is 17.4 Å². The fourth-order valence-electron chi connectivity index (χ4n) is 1.33. The third-order valence-corrected chi connectivity index (χ3v) is 3.23. The highest BCUT2D eigenvalue weighted by Crippen LogP contribution is 2.27. The predicted octanol–water partition coefficient (Wildman–Crippen LogP) is 0.875. The summed E-state index contributed by atoms with van der Waals surface area (Å²) in [5.41, 5.74) is 0.290. The van der Waals surface area contributed by atoms with Crippen molar-refractivity contribution in [2.75, 3.05) is 0 Å². The smallest absolute Gasteiger partial charge is 0.277 e. The van der Waals surface area contributed by atoms with Crippen LogP contribution >= 0.6 is 11.8 Å². The Morgan fingerprint density at radius 1 is 1.45 bits per heavy atom. The standard InChI is InChI=1S/C11H9N3O5S/c1-6(10(15)16)20-11-13-12-9(19-11)7-3-2-4-8(5-7)14(17)18/h2-6H,1H3,(H,15,16)/p-1/t6-/m1/s1. The molecule has 1 aromatic heterocycles. The Labute approximate surface area is 117 Å². The number of non-ortho nitro benzene ring substituents is 1. The zero-order chi connectivity index (χ0) is 14.7. The van der Waals surface area contributed by atoms with Crippen LogP contribution in [0.5, 0.6) is 0 Å². The molecule has 0 N–H and O–H groups in total. The molecule has 0 aliphatic rings. The van der Waals surface area contributed by atoms with E-state index in [9.17, 15) is 20.0 Å². The SMILES string of the molecule is C[C@@H](Sc1nnc(-c2cccc([N+](=O)[O-])c2)o1)C(=O)[O-]. The number of carboxylic acids is 1. The van der Waals surface area contributed by atoms with Crippen LogP contribution in [-0.4, -0.2) is 26.3 Å². The Morgan fingerprint density at radius 2 is 2.20 bits per heavy atom. The number of carbonyl (C=O) groups is 1. The molecule has 8 nitrogen and oxygen atoms in total. The molecule has 0 amide bonds. The number of carbonyl (C=O) groups excluding carboxylic acids is 1. The van der Waals surface area contributed by atoms with Crippen LogP contribution in [0.2, 0.25) is 0 Å². The van der Waals surface area contributed by atoms with Crippen molar-refractivity contribution in [3.05, 3.63) is 34.4 Å². The minimum atomic E-state index is -1.25. The van der Waals surface area contributed by atoms with Crippen LogP contribution in [-0.2, 0) is 4.79 Å². The lowest BCUT2D eigenvalue weighted by Gasteiger charge is -2.07. The topological polar surface area (TPSA) is 122 Å². The second-order valence-corrected chi connectivity index (χ2v) is 5.05. The number of carboxylic acid groups (broad SMARTS) is 1. The summed E-state index contributed by atoms with van der Waals surface area (Å²) in [6, 6.07) is 5.71. The molecule has 1 heterocycles. The summed E-state index contributed by atoms with van der Waals surface area (Å²) in [6.45, 7) is 1.43. The van der Waals surface area contributed by atoms with Crippen LogP contribution in [0, 0.1) is 10.1 Å². The van der Waals surface area contributed by atoms with Gasteiger partial charge in [0.2, 0.25) is 5.89 Å². The Kier molecular flexibility index (Phi) is 3.99. The van der Waals surface area contributed by atoms with Crippen LogP contribution in [0.4, 0.5) is 5.69 Å². The zero-order valence-corrected chi connectivity index (χ0v) is 11.0. The van der Waals surface area contributed by atoms with Gasteiger partial charge in [-0.15, -0.1) is 10.2 Å². The van der Waals surface area contributed by atoms with Crippen molar-refractivity contribution in [3.8, 4) is 11.5 Å². The molecular formula is C11H8N3O5S-. The first kappa shape index (κ1) is 14.0. The number of aromatic nitrogens is 2. The molecule has 0 radical (unpaired) electrons. The van der Waals surface area contributed by atoms with Gasteiger partial charge in [0.25, 0.3) is 10.9 Å². The Balaban J connectivity index is 2.22. The number of nitrogens with zero attached hydrogens (tertiary/aromatic N) is 3. The van der Waals surface area contributed by atoms with Gasteiger partial charge >= 0.3 is 0 Å². The van der Waals surface area contributed by atoms with Crippen LogP contribution in [0.25, 0.3) is 11.5 Å². The lowest BCUT2D eigenvalue weighted by molar-refractivity contribution is -0.384. The molecule has 0 aliphatic carbocycles. The van der Waals surface area contributed by atoms with Crippen LogP contribution in [0.3, 0.4) is 0 Å². The first-order valence-electron chi connectivity index (χ1n) is 5.43. The highest BCUT2D eigenvalue weighted by atomic mass is 32.2. The first-order chi connectivity index (χ1) is 9.47. The number of benzene rings is 1. The van der Waals surface area contributed by atoms with Gasteiger partial charge in [-0.05, 0) is 13.0 Å². The lowest BCUT2D eigenvalue weighted by Crippen LogP contribution is -2.31. The van der Waals surface area contributed by atoms with E-state index in [0.29, 0.717) is 5.56 Å². The molecule has 0 bridgehead atoms. The third-order valence-electron chi connectivity index (χ3n) is 2.32. The average Bonchev–Trinajstić information content (AvgIpc) is 2.87. The largest absolute Gasteiger partial charge is 0.549 e. The van der Waals surface area contributed by atoms with Crippen molar-refractivity contribution in [3.63, 3.8) is 0 Å². The number of rotatable bonds is 5. The summed E-state index contributed by atoms with van der Waals surface area (Å²) in [5.74, 6) is -1.16. The van der Waals surface area contributed by atoms with Crippen LogP contribution < -0.4 is 5.11 Å². The molecule has 20 heavy (non-hydrogen) atoms. The maximum absolute atomic E-state index is 10.7. The molecule has 1 aromatic carbocycles. The molecule has 0 saturated carbocycles. The summed E-state index contributed by atoms with van der Waals surface area (Å²) < 4.78 is 5.25. The van der Waals surface area contributed by atoms with Gasteiger partial charge in [0.05, 0.1) is 16.1 Å². The molecule has 104 valence electrons. The summed E-state index contributed by atoms with van der Waals surface area (Å²) in [7, 11) is 0. The van der Waals surface area contributed by atoms with Crippen LogP contribution in [0.15, 0.2) is 33.9 Å². The molecule has 0 saturated heterocycles. The maximum atomic E-state index is 10.7. The van der Waals surface area contributed by atoms with E-state index in [0.717, 1.165) is 11.8 Å². The van der Waals surface area contributed by atoms with E-state index in [2.05, 4.69) is 10.2 Å². The average molecular weight is 294 g/mol. The van der Waals surface area contributed by atoms with Crippen molar-refractivity contribution in [2.24, 2.45) is 0 Å². The summed E-state index contributed by atoms with van der Waals surface area (Å²) in [5, 5.41) is 27.9. The number of hydrogen-bond acceptors (Lipinski definition) is 8. The van der Waals surface area contributed by atoms with Crippen molar-refractivity contribution < 1.29 is 19.2 Å². The highest BCUT2D eigenvalue weighted by Gasteiger charge is 2.15. The van der Waals surface area contributed by atoms with Crippen molar-refractivity contribution in [1.29, 1.82) is 0 Å². The van der Waals surface area contributed by atoms with E-state index in [-0.39, 0.29) is 16.8 Å². The highest BCUT2D eigenvalue weighted by molar-refractivity contribution is 8.00. The van der Waals surface area contributed by atoms with Gasteiger partial charge in [-0.2, -0.15) is 0 Å². The van der Waals surface area contributed by atoms with Gasteiger partial charge in [0.15, 0.2) is 0 Å². The quantitative estimate of drug-likeness (QED) is 0.452. The van der Waals surface area contributed by atoms with Crippen molar-refractivity contribution >= 4 is 23.4 Å². The summed E-state index contributed by atoms with van der Waals surface area (Å²) >= 11 is 0.841. The third kappa shape index (κ3) is 3.12. The van der Waals surface area contributed by atoms with E-state index in [1.54, 1.807) is 6.07 Å². The normalized spacial score (nSPS) is 12.1. The summed E-state index contributed by atoms with van der Waals surface area (Å²) in [4.78, 5) is 20.7. The van der Waals surface area contributed by atoms with Gasteiger partial charge in [-0.1, -0.05) is 17.8 Å². The number of nitro benzene ring substituents is 1. The Hall–Kier alpha value is -2.42. The second kappa shape index (κ2) is 5.70. The fraction of sp³-hybridized carbons (Fsp3) is 0.182. The fourth-order valence-corrected chi connectivity index (χ4v) is 1.94. The summed E-state index contributed by atoms with van der Waals surface area (Å²) in [6.07, 6.45) is 0.